The first-order valence-electron chi connectivity index (χ1n) is 15.7. The predicted octanol–water partition coefficient (Wildman–Crippen LogP) is 10.1. The lowest BCUT2D eigenvalue weighted by atomic mass is 9.44. The second-order valence-corrected chi connectivity index (χ2v) is 13.7. The van der Waals surface area contributed by atoms with Crippen molar-refractivity contribution in [3.05, 3.63) is 25.0 Å². The van der Waals surface area contributed by atoms with Crippen LogP contribution in [0.15, 0.2) is 25.0 Å². The zero-order valence-electron chi connectivity index (χ0n) is 25.1. The van der Waals surface area contributed by atoms with Gasteiger partial charge in [0, 0.05) is 37.9 Å². The fraction of sp³-hybridized carbons (Fsp3) is 0.853. The maximum atomic E-state index is 13.9. The standard InChI is InChI=1S/C28H44O3.C4H10.C2H4.5H2/c1-18(17-29)8-7-10-20-14-24-27(3,31-20)16-23-21-12-11-19-9-5-6-13-26(19,2)22(21)15-25(30)28(23,24)4;1-3-4-2;1-2;;;;;/h10,18-19,21-24,29H,5-9,11-17H2,1-4H3;3-4H2,1-2H3;1-2H2;5*1H/b20-10-;;;;;;;/t18?,19?,21-,22?,23?,24?,26+,27?,28+;;;;;;;/m1......./s1. The van der Waals surface area contributed by atoms with E-state index in [-0.39, 0.29) is 24.8 Å². The van der Waals surface area contributed by atoms with E-state index in [1.807, 2.05) is 0 Å². The summed E-state index contributed by atoms with van der Waals surface area (Å²) in [4.78, 5) is 13.9. The third kappa shape index (κ3) is 5.50. The van der Waals surface area contributed by atoms with Crippen molar-refractivity contribution in [2.45, 2.75) is 131 Å². The van der Waals surface area contributed by atoms with Gasteiger partial charge < -0.3 is 9.84 Å². The summed E-state index contributed by atoms with van der Waals surface area (Å²) < 4.78 is 6.65. The van der Waals surface area contributed by atoms with Crippen molar-refractivity contribution in [3.63, 3.8) is 0 Å². The average Bonchev–Trinajstić information content (AvgIpc) is 3.35. The van der Waals surface area contributed by atoms with Gasteiger partial charge in [0.15, 0.2) is 0 Å². The molecule has 0 spiro atoms. The van der Waals surface area contributed by atoms with Gasteiger partial charge in [-0.3, -0.25) is 4.79 Å². The molecule has 4 saturated carbocycles. The van der Waals surface area contributed by atoms with Crippen molar-refractivity contribution in [2.24, 2.45) is 46.3 Å². The SMILES string of the molecule is C=C.CC(CO)CC/C=C1/CC2C(C)(CC3[C@@H]4CCC5CCCC[C@]5(C)C4CC(=O)[C@@]32C)O1.CCCC.[HH].[HH].[HH].[HH].[HH]. The molecule has 5 fully saturated rings. The second kappa shape index (κ2) is 12.4. The topological polar surface area (TPSA) is 46.5 Å². The number of aliphatic hydroxyl groups excluding tert-OH is 1. The van der Waals surface area contributed by atoms with Crippen LogP contribution in [0.3, 0.4) is 0 Å². The summed E-state index contributed by atoms with van der Waals surface area (Å²) in [5.41, 5.74) is 0.0105. The number of ether oxygens (including phenoxy) is 1. The minimum atomic E-state index is -0.207. The van der Waals surface area contributed by atoms with E-state index in [0.29, 0.717) is 40.8 Å². The van der Waals surface area contributed by atoms with Gasteiger partial charge in [-0.1, -0.05) is 60.3 Å². The summed E-state index contributed by atoms with van der Waals surface area (Å²) in [5.74, 6) is 5.00. The van der Waals surface area contributed by atoms with Crippen LogP contribution < -0.4 is 0 Å². The number of carbonyl (C=O) groups excluding carboxylic acids is 1. The van der Waals surface area contributed by atoms with Gasteiger partial charge in [0.25, 0.3) is 0 Å². The smallest absolute Gasteiger partial charge is 0.139 e. The molecule has 0 aromatic rings. The molecule has 5 aliphatic rings. The van der Waals surface area contributed by atoms with E-state index in [1.54, 1.807) is 0 Å². The first-order valence-corrected chi connectivity index (χ1v) is 15.7. The average molecular weight is 525 g/mol. The Bertz CT molecular complexity index is 823. The maximum absolute atomic E-state index is 13.9. The van der Waals surface area contributed by atoms with Gasteiger partial charge >= 0.3 is 0 Å². The molecule has 1 aliphatic heterocycles. The van der Waals surface area contributed by atoms with Crippen molar-refractivity contribution in [3.8, 4) is 0 Å². The number of fused-ring (bicyclic) bond motifs is 7. The Morgan fingerprint density at radius 3 is 2.43 bits per heavy atom. The highest BCUT2D eigenvalue weighted by atomic mass is 16.5. The molecule has 0 radical (unpaired) electrons. The number of Topliss-reactive ketones (excluding diaryl/α,β-unsaturated/α-hetero) is 1. The van der Waals surface area contributed by atoms with Gasteiger partial charge in [-0.05, 0) is 93.0 Å². The Balaban J connectivity index is -0.00000128. The molecule has 1 heterocycles. The minimum absolute atomic E-state index is 0. The Morgan fingerprint density at radius 2 is 1.78 bits per heavy atom. The highest BCUT2D eigenvalue weighted by Gasteiger charge is 2.70. The molecule has 3 heteroatoms. The summed E-state index contributed by atoms with van der Waals surface area (Å²) in [6.07, 6.45) is 17.9. The molecule has 222 valence electrons. The Labute approximate surface area is 236 Å². The van der Waals surface area contributed by atoms with Crippen LogP contribution in [0.25, 0.3) is 0 Å². The normalized spacial score (nSPS) is 43.6. The van der Waals surface area contributed by atoms with Crippen LogP contribution in [0.4, 0.5) is 0 Å². The van der Waals surface area contributed by atoms with Crippen LogP contribution in [0.5, 0.6) is 0 Å². The van der Waals surface area contributed by atoms with Gasteiger partial charge in [0.05, 0.1) is 5.76 Å². The largest absolute Gasteiger partial charge is 0.492 e. The van der Waals surface area contributed by atoms with Crippen LogP contribution in [-0.4, -0.2) is 23.1 Å². The molecule has 9 atom stereocenters. The van der Waals surface area contributed by atoms with E-state index < -0.39 is 0 Å². The number of ketones is 1. The van der Waals surface area contributed by atoms with Crippen LogP contribution in [0, 0.1) is 46.3 Å². The molecule has 4 aliphatic carbocycles. The van der Waals surface area contributed by atoms with E-state index >= 15 is 0 Å². The molecule has 1 N–H and O–H groups in total. The van der Waals surface area contributed by atoms with Crippen LogP contribution in [0.2, 0.25) is 0 Å². The molecule has 0 aromatic heterocycles. The highest BCUT2D eigenvalue weighted by molar-refractivity contribution is 5.87. The zero-order valence-corrected chi connectivity index (χ0v) is 25.1. The van der Waals surface area contributed by atoms with Crippen molar-refractivity contribution >= 4 is 5.78 Å². The maximum Gasteiger partial charge on any atom is 0.139 e. The van der Waals surface area contributed by atoms with Crippen LogP contribution >= 0.6 is 0 Å². The molecule has 0 bridgehead atoms. The molecule has 6 unspecified atom stereocenters. The molecule has 0 aromatic carbocycles. The van der Waals surface area contributed by atoms with Crippen molar-refractivity contribution < 1.29 is 21.8 Å². The number of hydrogen-bond acceptors (Lipinski definition) is 3. The second-order valence-electron chi connectivity index (χ2n) is 13.7. The summed E-state index contributed by atoms with van der Waals surface area (Å²) in [6, 6.07) is 0. The van der Waals surface area contributed by atoms with Gasteiger partial charge in [-0.15, -0.1) is 13.2 Å². The van der Waals surface area contributed by atoms with E-state index in [0.717, 1.165) is 43.8 Å². The number of aliphatic hydroxyl groups is 1. The van der Waals surface area contributed by atoms with E-state index in [4.69, 9.17) is 4.74 Å². The lowest BCUT2D eigenvalue weighted by Crippen LogP contribution is -2.56. The lowest BCUT2D eigenvalue weighted by Gasteiger charge is -2.59. The monoisotopic (exact) mass is 525 g/mol. The van der Waals surface area contributed by atoms with Gasteiger partial charge in [-0.25, -0.2) is 0 Å². The molecule has 3 nitrogen and oxygen atoms in total. The van der Waals surface area contributed by atoms with Crippen LogP contribution in [0.1, 0.15) is 132 Å². The van der Waals surface area contributed by atoms with E-state index in [1.165, 1.54) is 51.4 Å². The van der Waals surface area contributed by atoms with Gasteiger partial charge in [0.1, 0.15) is 11.4 Å². The fourth-order valence-electron chi connectivity index (χ4n) is 9.27. The van der Waals surface area contributed by atoms with Crippen molar-refractivity contribution in [1.29, 1.82) is 0 Å². The lowest BCUT2D eigenvalue weighted by molar-refractivity contribution is -0.155. The van der Waals surface area contributed by atoms with E-state index in [9.17, 15) is 9.90 Å². The molecular formula is C34H68O3. The summed E-state index contributed by atoms with van der Waals surface area (Å²) in [6.45, 7) is 19.9. The zero-order chi connectivity index (χ0) is 27.4. The number of hydrogen-bond donors (Lipinski definition) is 1. The van der Waals surface area contributed by atoms with Crippen molar-refractivity contribution in [2.75, 3.05) is 6.61 Å². The van der Waals surface area contributed by atoms with E-state index in [2.05, 4.69) is 60.8 Å². The molecule has 37 heavy (non-hydrogen) atoms. The van der Waals surface area contributed by atoms with Crippen molar-refractivity contribution in [1.82, 2.24) is 0 Å². The molecule has 1 saturated heterocycles. The van der Waals surface area contributed by atoms with Crippen LogP contribution in [-0.2, 0) is 9.53 Å². The summed E-state index contributed by atoms with van der Waals surface area (Å²) in [7, 11) is 0. The van der Waals surface area contributed by atoms with Gasteiger partial charge in [-0.2, -0.15) is 0 Å². The first-order chi connectivity index (χ1) is 17.6. The fourth-order valence-corrected chi connectivity index (χ4v) is 9.27. The number of unbranched alkanes of at least 4 members (excludes halogenated alkanes) is 1. The molecule has 0 amide bonds. The number of rotatable bonds is 5. The first kappa shape index (κ1) is 30.5. The third-order valence-corrected chi connectivity index (χ3v) is 11.7. The number of allylic oxidation sites excluding steroid dienone is 2. The molecule has 5 rings (SSSR count). The number of carbonyl (C=O) groups is 1. The van der Waals surface area contributed by atoms with Gasteiger partial charge in [0.2, 0.25) is 0 Å². The predicted molar refractivity (Wildman–Crippen MR) is 166 cm³/mol. The quantitative estimate of drug-likeness (QED) is 0.364. The Morgan fingerprint density at radius 1 is 1.08 bits per heavy atom. The highest BCUT2D eigenvalue weighted by Crippen LogP contribution is 2.70. The molecular weight excluding hydrogens is 456 g/mol. The minimum Gasteiger partial charge on any atom is -0.492 e. The summed E-state index contributed by atoms with van der Waals surface area (Å²) >= 11 is 0. The third-order valence-electron chi connectivity index (χ3n) is 11.7. The summed E-state index contributed by atoms with van der Waals surface area (Å²) in [5, 5.41) is 9.29. The Hall–Kier alpha value is -1.09. The Kier molecular flexibility index (Phi) is 10.2.